The van der Waals surface area contributed by atoms with Crippen molar-refractivity contribution in [2.45, 2.75) is 19.2 Å². The Balaban J connectivity index is 1.67. The Bertz CT molecular complexity index is 780. The number of halogens is 1. The Labute approximate surface area is 145 Å². The summed E-state index contributed by atoms with van der Waals surface area (Å²) in [6, 6.07) is 9.61. The van der Waals surface area contributed by atoms with Gasteiger partial charge in [-0.2, -0.15) is 0 Å². The van der Waals surface area contributed by atoms with Crippen LogP contribution in [0.5, 0.6) is 17.2 Å². The van der Waals surface area contributed by atoms with E-state index >= 15 is 0 Å². The summed E-state index contributed by atoms with van der Waals surface area (Å²) in [6.07, 6.45) is -0.611. The van der Waals surface area contributed by atoms with Crippen LogP contribution < -0.4 is 14.2 Å². The molecule has 0 bridgehead atoms. The Hall–Kier alpha value is -1.95. The van der Waals surface area contributed by atoms with Crippen molar-refractivity contribution in [2.24, 2.45) is 0 Å². The van der Waals surface area contributed by atoms with Gasteiger partial charge in [0.1, 0.15) is 0 Å². The molecule has 1 N–H and O–H groups in total. The first-order chi connectivity index (χ1) is 11.7. The average Bonchev–Trinajstić information content (AvgIpc) is 3.07. The Morgan fingerprint density at radius 3 is 2.88 bits per heavy atom. The molecule has 0 unspecified atom stereocenters. The third kappa shape index (κ3) is 2.59. The summed E-state index contributed by atoms with van der Waals surface area (Å²) in [5.74, 6) is 1.88. The predicted molar refractivity (Wildman–Crippen MR) is 89.6 cm³/mol. The average molecular weight is 348 g/mol. The molecule has 0 aromatic heterocycles. The molecule has 2 aromatic carbocycles. The Morgan fingerprint density at radius 2 is 2.08 bits per heavy atom. The van der Waals surface area contributed by atoms with Gasteiger partial charge < -0.3 is 19.3 Å². The number of aliphatic hydroxyl groups is 1. The van der Waals surface area contributed by atoms with Crippen LogP contribution in [-0.4, -0.2) is 30.5 Å². The minimum Gasteiger partial charge on any atom is -0.493 e. The fourth-order valence-electron chi connectivity index (χ4n) is 3.34. The van der Waals surface area contributed by atoms with E-state index in [2.05, 4.69) is 4.90 Å². The van der Waals surface area contributed by atoms with Crippen LogP contribution in [0.1, 0.15) is 22.8 Å². The van der Waals surface area contributed by atoms with E-state index in [4.69, 9.17) is 25.8 Å². The highest BCUT2D eigenvalue weighted by Gasteiger charge is 2.33. The summed E-state index contributed by atoms with van der Waals surface area (Å²) < 4.78 is 16.5. The van der Waals surface area contributed by atoms with Crippen molar-refractivity contribution in [3.8, 4) is 17.2 Å². The van der Waals surface area contributed by atoms with Gasteiger partial charge in [0.2, 0.25) is 12.5 Å². The molecule has 1 atom stereocenters. The largest absolute Gasteiger partial charge is 0.493 e. The second-order valence-electron chi connectivity index (χ2n) is 5.99. The number of hydrogen-bond acceptors (Lipinski definition) is 5. The van der Waals surface area contributed by atoms with Crippen LogP contribution in [0, 0.1) is 0 Å². The second-order valence-corrected chi connectivity index (χ2v) is 6.40. The van der Waals surface area contributed by atoms with E-state index in [1.165, 1.54) is 0 Å². The van der Waals surface area contributed by atoms with Gasteiger partial charge in [-0.05, 0) is 23.3 Å². The van der Waals surface area contributed by atoms with Crippen LogP contribution in [0.4, 0.5) is 0 Å². The zero-order valence-electron chi connectivity index (χ0n) is 13.3. The lowest BCUT2D eigenvalue weighted by molar-refractivity contribution is 0.0862. The van der Waals surface area contributed by atoms with Gasteiger partial charge in [0.25, 0.3) is 0 Å². The number of methoxy groups -OCH3 is 1. The third-order valence-electron chi connectivity index (χ3n) is 4.49. The first kappa shape index (κ1) is 15.6. The third-order valence-corrected chi connectivity index (χ3v) is 4.86. The van der Waals surface area contributed by atoms with Gasteiger partial charge in [-0.3, -0.25) is 4.90 Å². The molecule has 24 heavy (non-hydrogen) atoms. The summed E-state index contributed by atoms with van der Waals surface area (Å²) in [5, 5.41) is 11.3. The van der Waals surface area contributed by atoms with E-state index in [1.54, 1.807) is 7.11 Å². The fraction of sp³-hybridized carbons (Fsp3) is 0.333. The predicted octanol–water partition coefficient (Wildman–Crippen LogP) is 3.13. The van der Waals surface area contributed by atoms with Crippen LogP contribution in [0.15, 0.2) is 30.3 Å². The maximum absolute atomic E-state index is 10.6. The molecule has 126 valence electrons. The van der Waals surface area contributed by atoms with Gasteiger partial charge in [-0.25, -0.2) is 0 Å². The zero-order valence-corrected chi connectivity index (χ0v) is 14.0. The van der Waals surface area contributed by atoms with Crippen molar-refractivity contribution in [1.29, 1.82) is 0 Å². The minimum absolute atomic E-state index is 0.169. The first-order valence-electron chi connectivity index (χ1n) is 7.80. The quantitative estimate of drug-likeness (QED) is 0.924. The zero-order chi connectivity index (χ0) is 16.7. The van der Waals surface area contributed by atoms with Crippen LogP contribution in [0.25, 0.3) is 0 Å². The van der Waals surface area contributed by atoms with Crippen molar-refractivity contribution in [3.63, 3.8) is 0 Å². The maximum Gasteiger partial charge on any atom is 0.231 e. The van der Waals surface area contributed by atoms with Gasteiger partial charge >= 0.3 is 0 Å². The number of benzene rings is 2. The molecule has 0 radical (unpaired) electrons. The van der Waals surface area contributed by atoms with Gasteiger partial charge in [-0.1, -0.05) is 29.8 Å². The number of nitrogens with zero attached hydrogens (tertiary/aromatic N) is 1. The first-order valence-corrected chi connectivity index (χ1v) is 8.18. The summed E-state index contributed by atoms with van der Waals surface area (Å²) in [6.45, 7) is 2.02. The number of β-amino-alcohol motifs (C(OH)–C–C–N with tert-alkyl or cyclic N) is 1. The molecule has 0 saturated heterocycles. The van der Waals surface area contributed by atoms with Crippen LogP contribution >= 0.6 is 11.6 Å². The Morgan fingerprint density at radius 1 is 1.29 bits per heavy atom. The molecule has 0 saturated carbocycles. The molecule has 0 amide bonds. The number of fused-ring (bicyclic) bond motifs is 3. The highest BCUT2D eigenvalue weighted by atomic mass is 35.5. The van der Waals surface area contributed by atoms with Crippen molar-refractivity contribution >= 4 is 11.6 Å². The van der Waals surface area contributed by atoms with Gasteiger partial charge in [0.05, 0.1) is 13.2 Å². The van der Waals surface area contributed by atoms with E-state index in [-0.39, 0.29) is 6.79 Å². The van der Waals surface area contributed by atoms with Crippen molar-refractivity contribution in [3.05, 3.63) is 52.0 Å². The standard InChI is InChI=1S/C18H18ClNO4/c1-22-16-6-12-13(17-18(16)24-10-23-17)8-20(9-15(12)21)7-11-4-2-3-5-14(11)19/h2-6,15,21H,7-10H2,1H3/t15-/m1/s1. The van der Waals surface area contributed by atoms with E-state index in [0.29, 0.717) is 36.9 Å². The molecular weight excluding hydrogens is 330 g/mol. The lowest BCUT2D eigenvalue weighted by atomic mass is 9.95. The smallest absolute Gasteiger partial charge is 0.231 e. The fourth-order valence-corrected chi connectivity index (χ4v) is 3.54. The summed E-state index contributed by atoms with van der Waals surface area (Å²) >= 11 is 6.26. The number of rotatable bonds is 3. The molecular formula is C18H18ClNO4. The van der Waals surface area contributed by atoms with Gasteiger partial charge in [-0.15, -0.1) is 0 Å². The molecule has 2 aromatic rings. The molecule has 2 aliphatic rings. The van der Waals surface area contributed by atoms with Gasteiger partial charge in [0.15, 0.2) is 11.5 Å². The highest BCUT2D eigenvalue weighted by Crippen LogP contribution is 2.48. The SMILES string of the molecule is COc1cc2c(c3c1OCO3)CN(Cc1ccccc1Cl)C[C@H]2O. The molecule has 6 heteroatoms. The van der Waals surface area contributed by atoms with E-state index in [9.17, 15) is 5.11 Å². The Kier molecular flexibility index (Phi) is 4.00. The lowest BCUT2D eigenvalue weighted by Crippen LogP contribution is -2.33. The molecule has 2 heterocycles. The number of aliphatic hydroxyl groups excluding tert-OH is 1. The molecule has 5 nitrogen and oxygen atoms in total. The van der Waals surface area contributed by atoms with Crippen molar-refractivity contribution in [1.82, 2.24) is 4.90 Å². The van der Waals surface area contributed by atoms with Crippen LogP contribution in [0.3, 0.4) is 0 Å². The van der Waals surface area contributed by atoms with E-state index in [0.717, 1.165) is 21.7 Å². The van der Waals surface area contributed by atoms with E-state index in [1.807, 2.05) is 30.3 Å². The maximum atomic E-state index is 10.6. The topological polar surface area (TPSA) is 51.2 Å². The van der Waals surface area contributed by atoms with Crippen molar-refractivity contribution < 1.29 is 19.3 Å². The van der Waals surface area contributed by atoms with Crippen LogP contribution in [-0.2, 0) is 13.1 Å². The molecule has 0 spiro atoms. The van der Waals surface area contributed by atoms with Gasteiger partial charge in [0, 0.05) is 30.2 Å². The van der Waals surface area contributed by atoms with E-state index < -0.39 is 6.10 Å². The summed E-state index contributed by atoms with van der Waals surface area (Å²) in [7, 11) is 1.59. The molecule has 2 aliphatic heterocycles. The van der Waals surface area contributed by atoms with Crippen molar-refractivity contribution in [2.75, 3.05) is 20.4 Å². The minimum atomic E-state index is -0.611. The molecule has 0 fully saturated rings. The molecule has 0 aliphatic carbocycles. The summed E-state index contributed by atoms with van der Waals surface area (Å²) in [4.78, 5) is 2.16. The number of hydrogen-bond donors (Lipinski definition) is 1. The summed E-state index contributed by atoms with van der Waals surface area (Å²) in [5.41, 5.74) is 2.83. The second kappa shape index (κ2) is 6.16. The van der Waals surface area contributed by atoms with Crippen LogP contribution in [0.2, 0.25) is 5.02 Å². The highest BCUT2D eigenvalue weighted by molar-refractivity contribution is 6.31. The lowest BCUT2D eigenvalue weighted by Gasteiger charge is -2.33. The molecule has 4 rings (SSSR count). The number of ether oxygens (including phenoxy) is 3. The normalized spacial score (nSPS) is 19.2. The monoisotopic (exact) mass is 347 g/mol.